The molecule has 6 N–H and O–H groups in total. The maximum Gasteiger partial charge on any atom is 0.317 e. The summed E-state index contributed by atoms with van der Waals surface area (Å²) in [5, 5.41) is 21.0. The van der Waals surface area contributed by atoms with Gasteiger partial charge in [-0.3, -0.25) is 14.4 Å². The predicted octanol–water partition coefficient (Wildman–Crippen LogP) is 3.69. The fraction of sp³-hybridized carbons (Fsp3) is 0.472. The van der Waals surface area contributed by atoms with Crippen LogP contribution in [0.4, 0.5) is 4.79 Å². The van der Waals surface area contributed by atoms with Gasteiger partial charge in [-0.1, -0.05) is 73.9 Å². The van der Waals surface area contributed by atoms with Crippen LogP contribution in [0.25, 0.3) is 10.9 Å². The lowest BCUT2D eigenvalue weighted by Gasteiger charge is -2.39. The summed E-state index contributed by atoms with van der Waals surface area (Å²) >= 11 is 0. The van der Waals surface area contributed by atoms with Crippen LogP contribution in [0.5, 0.6) is 0 Å². The molecular formula is C36H48N6O5. The molecule has 11 heteroatoms. The highest BCUT2D eigenvalue weighted by Gasteiger charge is 2.34. The van der Waals surface area contributed by atoms with Crippen molar-refractivity contribution in [3.8, 4) is 0 Å². The second-order valence-corrected chi connectivity index (χ2v) is 13.4. The number of nitrogens with two attached hydrogens (primary N) is 1. The average Bonchev–Trinajstić information content (AvgIpc) is 3.05. The molecule has 2 aromatic carbocycles. The van der Waals surface area contributed by atoms with E-state index < -0.39 is 47.9 Å². The number of nitrogens with zero attached hydrogens (tertiary/aromatic N) is 2. The number of aliphatic hydroxyl groups excluding tert-OH is 1. The number of aromatic nitrogens is 1. The van der Waals surface area contributed by atoms with Gasteiger partial charge in [0, 0.05) is 17.5 Å². The lowest BCUT2D eigenvalue weighted by molar-refractivity contribution is -0.128. The van der Waals surface area contributed by atoms with E-state index in [4.69, 9.17) is 5.73 Å². The van der Waals surface area contributed by atoms with Crippen molar-refractivity contribution in [1.29, 1.82) is 0 Å². The van der Waals surface area contributed by atoms with Crippen molar-refractivity contribution in [1.82, 2.24) is 25.8 Å². The molecule has 11 nitrogen and oxygen atoms in total. The molecule has 3 atom stereocenters. The molecule has 0 aliphatic heterocycles. The summed E-state index contributed by atoms with van der Waals surface area (Å²) in [5.74, 6) is -1.69. The minimum atomic E-state index is -1.32. The first-order chi connectivity index (χ1) is 22.4. The van der Waals surface area contributed by atoms with Crippen LogP contribution in [0.2, 0.25) is 0 Å². The number of aliphatic hydroxyl groups is 1. The van der Waals surface area contributed by atoms with Crippen molar-refractivity contribution in [3.05, 3.63) is 78.0 Å². The number of carbonyl (C=O) groups is 4. The molecule has 0 unspecified atom stereocenters. The molecule has 0 radical (unpaired) electrons. The van der Waals surface area contributed by atoms with Gasteiger partial charge in [-0.2, -0.15) is 0 Å². The number of para-hydroxylation sites is 1. The van der Waals surface area contributed by atoms with Gasteiger partial charge in [0.25, 0.3) is 5.91 Å². The van der Waals surface area contributed by atoms with Crippen LogP contribution in [0.3, 0.4) is 0 Å². The van der Waals surface area contributed by atoms with Gasteiger partial charge >= 0.3 is 6.03 Å². The number of benzene rings is 2. The van der Waals surface area contributed by atoms with Crippen LogP contribution in [-0.4, -0.2) is 75.6 Å². The third-order valence-electron chi connectivity index (χ3n) is 8.64. The molecule has 1 aliphatic rings. The number of β-amino-alcohol motifs (C(OH)–C–C–N with tert-alkyl or cyclic N) is 1. The molecule has 0 spiro atoms. The van der Waals surface area contributed by atoms with Crippen LogP contribution < -0.4 is 21.7 Å². The number of carbonyl (C=O) groups excluding carboxylic acids is 4. The molecule has 5 amide bonds. The zero-order valence-corrected chi connectivity index (χ0v) is 27.6. The number of rotatable bonds is 13. The van der Waals surface area contributed by atoms with Crippen LogP contribution in [0.1, 0.15) is 75.3 Å². The number of hydrogen-bond acceptors (Lipinski definition) is 6. The van der Waals surface area contributed by atoms with Crippen molar-refractivity contribution in [3.63, 3.8) is 0 Å². The van der Waals surface area contributed by atoms with Gasteiger partial charge in [-0.25, -0.2) is 9.78 Å². The molecule has 0 bridgehead atoms. The summed E-state index contributed by atoms with van der Waals surface area (Å²) in [6, 6.07) is 17.4. The first-order valence-electron chi connectivity index (χ1n) is 16.4. The molecule has 252 valence electrons. The maximum atomic E-state index is 13.7. The Morgan fingerprint density at radius 1 is 0.936 bits per heavy atom. The Bertz CT molecular complexity index is 1520. The summed E-state index contributed by atoms with van der Waals surface area (Å²) < 4.78 is 0. The summed E-state index contributed by atoms with van der Waals surface area (Å²) in [5.41, 5.74) is 6.37. The zero-order chi connectivity index (χ0) is 34.0. The predicted molar refractivity (Wildman–Crippen MR) is 181 cm³/mol. The second kappa shape index (κ2) is 16.4. The van der Waals surface area contributed by atoms with E-state index in [1.54, 1.807) is 29.2 Å². The lowest BCUT2D eigenvalue weighted by atomic mass is 9.89. The quantitative estimate of drug-likeness (QED) is 0.190. The first-order valence-corrected chi connectivity index (χ1v) is 16.4. The summed E-state index contributed by atoms with van der Waals surface area (Å²) in [6.45, 7) is 6.19. The summed E-state index contributed by atoms with van der Waals surface area (Å²) in [6.07, 6.45) is 4.32. The fourth-order valence-electron chi connectivity index (χ4n) is 5.96. The maximum absolute atomic E-state index is 13.7. The molecule has 1 aliphatic carbocycles. The van der Waals surface area contributed by atoms with E-state index in [-0.39, 0.29) is 24.7 Å². The topological polar surface area (TPSA) is 167 Å². The molecule has 47 heavy (non-hydrogen) atoms. The van der Waals surface area contributed by atoms with E-state index in [0.717, 1.165) is 23.8 Å². The molecule has 1 aromatic heterocycles. The SMILES string of the molecule is CC(C)(C)N(C[C@@H](O)[C@H](Cc1ccccc1)NC(=O)[C@H](CC(N)=O)NC(=O)c1ccc2ccccc2n1)C(=O)NCC1CCCCC1. The molecule has 0 saturated heterocycles. The van der Waals surface area contributed by atoms with Gasteiger partial charge in [0.2, 0.25) is 11.8 Å². The van der Waals surface area contributed by atoms with Gasteiger partial charge in [0.05, 0.1) is 30.6 Å². The number of fused-ring (bicyclic) bond motifs is 1. The van der Waals surface area contributed by atoms with Gasteiger partial charge in [0.1, 0.15) is 11.7 Å². The van der Waals surface area contributed by atoms with Crippen LogP contribution in [0, 0.1) is 5.92 Å². The van der Waals surface area contributed by atoms with E-state index in [1.807, 2.05) is 63.2 Å². The standard InChI is InChI=1S/C36H48N6O5/c1-36(2,3)42(35(47)38-22-25-14-8-5-9-15-25)23-31(43)29(20-24-12-6-4-7-13-24)40-34(46)30(21-32(37)44)41-33(45)28-19-18-26-16-10-11-17-27(26)39-28/h4,6-7,10-13,16-19,25,29-31,43H,5,8-9,14-15,20-23H2,1-3H3,(H2,37,44)(H,38,47)(H,40,46)(H,41,45)/t29-,30-,31+/m0/s1. The largest absolute Gasteiger partial charge is 0.389 e. The van der Waals surface area contributed by atoms with Crippen molar-refractivity contribution in [2.75, 3.05) is 13.1 Å². The molecule has 3 aromatic rings. The minimum absolute atomic E-state index is 0.0639. The summed E-state index contributed by atoms with van der Waals surface area (Å²) in [4.78, 5) is 58.3. The smallest absolute Gasteiger partial charge is 0.317 e. The number of hydrogen-bond donors (Lipinski definition) is 5. The molecule has 4 rings (SSSR count). The third kappa shape index (κ3) is 10.5. The molecule has 1 fully saturated rings. The monoisotopic (exact) mass is 644 g/mol. The van der Waals surface area contributed by atoms with Crippen LogP contribution in [0.15, 0.2) is 66.7 Å². The van der Waals surface area contributed by atoms with E-state index >= 15 is 0 Å². The summed E-state index contributed by atoms with van der Waals surface area (Å²) in [7, 11) is 0. The number of pyridine rings is 1. The Balaban J connectivity index is 1.51. The number of amides is 5. The van der Waals surface area contributed by atoms with E-state index in [2.05, 4.69) is 20.9 Å². The van der Waals surface area contributed by atoms with Crippen molar-refractivity contribution >= 4 is 34.7 Å². The highest BCUT2D eigenvalue weighted by molar-refractivity contribution is 5.99. The van der Waals surface area contributed by atoms with E-state index in [1.165, 1.54) is 19.3 Å². The molecular weight excluding hydrogens is 596 g/mol. The Hall–Kier alpha value is -4.51. The average molecular weight is 645 g/mol. The van der Waals surface area contributed by atoms with Gasteiger partial charge in [-0.05, 0) is 63.6 Å². The van der Waals surface area contributed by atoms with E-state index in [0.29, 0.717) is 18.0 Å². The highest BCUT2D eigenvalue weighted by atomic mass is 16.3. The Morgan fingerprint density at radius 3 is 2.30 bits per heavy atom. The third-order valence-corrected chi connectivity index (χ3v) is 8.64. The number of urea groups is 1. The Kier molecular flexibility index (Phi) is 12.3. The first kappa shape index (κ1) is 35.3. The van der Waals surface area contributed by atoms with Crippen molar-refractivity contribution in [2.24, 2.45) is 11.7 Å². The van der Waals surface area contributed by atoms with Crippen LogP contribution >= 0.6 is 0 Å². The fourth-order valence-corrected chi connectivity index (χ4v) is 5.96. The Morgan fingerprint density at radius 2 is 1.62 bits per heavy atom. The normalized spacial score (nSPS) is 15.7. The van der Waals surface area contributed by atoms with Gasteiger partial charge in [0.15, 0.2) is 0 Å². The zero-order valence-electron chi connectivity index (χ0n) is 27.6. The van der Waals surface area contributed by atoms with E-state index in [9.17, 15) is 24.3 Å². The molecule has 1 saturated carbocycles. The van der Waals surface area contributed by atoms with Gasteiger partial charge in [-0.15, -0.1) is 0 Å². The lowest BCUT2D eigenvalue weighted by Crippen LogP contribution is -2.59. The second-order valence-electron chi connectivity index (χ2n) is 13.4. The van der Waals surface area contributed by atoms with Crippen molar-refractivity contribution < 1.29 is 24.3 Å². The van der Waals surface area contributed by atoms with Gasteiger partial charge < -0.3 is 31.7 Å². The van der Waals surface area contributed by atoms with Crippen LogP contribution in [-0.2, 0) is 16.0 Å². The van der Waals surface area contributed by atoms with Crippen molar-refractivity contribution in [2.45, 2.75) is 89.4 Å². The molecule has 1 heterocycles. The highest BCUT2D eigenvalue weighted by Crippen LogP contribution is 2.23. The Labute approximate surface area is 276 Å². The minimum Gasteiger partial charge on any atom is -0.389 e. The number of nitrogens with one attached hydrogen (secondary N) is 3. The number of primary amides is 1.